The van der Waals surface area contributed by atoms with Gasteiger partial charge in [0, 0.05) is 26.6 Å². The van der Waals surface area contributed by atoms with E-state index < -0.39 is 29.7 Å². The molecule has 3 N–H and O–H groups in total. The first-order valence-electron chi connectivity index (χ1n) is 12.8. The molecule has 2 aliphatic heterocycles. The van der Waals surface area contributed by atoms with Gasteiger partial charge in [-0.1, -0.05) is 31.7 Å². The third kappa shape index (κ3) is 7.60. The van der Waals surface area contributed by atoms with Crippen LogP contribution in [-0.2, 0) is 23.9 Å². The van der Waals surface area contributed by atoms with E-state index in [2.05, 4.69) is 16.0 Å². The highest BCUT2D eigenvalue weighted by Gasteiger charge is 2.46. The van der Waals surface area contributed by atoms with Gasteiger partial charge < -0.3 is 20.1 Å². The lowest BCUT2D eigenvalue weighted by Crippen LogP contribution is -2.54. The van der Waals surface area contributed by atoms with Crippen LogP contribution in [0.3, 0.4) is 0 Å². The van der Waals surface area contributed by atoms with E-state index in [1.54, 1.807) is 6.07 Å². The molecule has 0 aromatic heterocycles. The minimum Gasteiger partial charge on any atom is -0.483 e. The van der Waals surface area contributed by atoms with Crippen LogP contribution in [0.4, 0.5) is 0 Å². The van der Waals surface area contributed by atoms with Crippen LogP contribution in [0.2, 0.25) is 0 Å². The molecule has 1 aromatic rings. The Kier molecular flexibility index (Phi) is 10.8. The summed E-state index contributed by atoms with van der Waals surface area (Å²) in [6.07, 6.45) is 5.83. The van der Waals surface area contributed by atoms with Crippen molar-refractivity contribution in [2.24, 2.45) is 0 Å². The molecule has 6 amide bonds. The Hall–Kier alpha value is -3.80. The van der Waals surface area contributed by atoms with Crippen LogP contribution < -0.4 is 20.7 Å². The van der Waals surface area contributed by atoms with Crippen LogP contribution in [0.1, 0.15) is 72.1 Å². The van der Waals surface area contributed by atoms with Gasteiger partial charge >= 0.3 is 0 Å². The molecule has 1 saturated heterocycles. The second-order valence-electron chi connectivity index (χ2n) is 9.17. The summed E-state index contributed by atoms with van der Waals surface area (Å²) in [5, 5.41) is 7.71. The minimum atomic E-state index is -1.07. The van der Waals surface area contributed by atoms with Crippen molar-refractivity contribution in [3.63, 3.8) is 0 Å². The molecule has 1 fully saturated rings. The molecule has 1 unspecified atom stereocenters. The Morgan fingerprint density at radius 3 is 2.18 bits per heavy atom. The van der Waals surface area contributed by atoms with Gasteiger partial charge in [-0.2, -0.15) is 0 Å². The molecule has 206 valence electrons. The predicted octanol–water partition coefficient (Wildman–Crippen LogP) is 0.686. The number of rotatable bonds is 15. The summed E-state index contributed by atoms with van der Waals surface area (Å²) in [5.41, 5.74) is 0.100. The summed E-state index contributed by atoms with van der Waals surface area (Å²) in [6.45, 7) is 0.872. The summed E-state index contributed by atoms with van der Waals surface area (Å²) in [4.78, 5) is 73.9. The second-order valence-corrected chi connectivity index (χ2v) is 9.17. The van der Waals surface area contributed by atoms with Crippen LogP contribution in [0.15, 0.2) is 18.2 Å². The van der Waals surface area contributed by atoms with E-state index >= 15 is 0 Å². The van der Waals surface area contributed by atoms with Gasteiger partial charge in [0.2, 0.25) is 17.7 Å². The fourth-order valence-corrected chi connectivity index (χ4v) is 4.39. The van der Waals surface area contributed by atoms with Crippen molar-refractivity contribution in [3.05, 3.63) is 29.3 Å². The SMILES string of the molecule is COCC(=O)NCCCCCCCCNC(=O)COc1cccc2c1C(=O)N(C1CCC(=O)NC1=O)C2=O. The molecule has 12 heteroatoms. The number of hydrogen-bond donors (Lipinski definition) is 3. The third-order valence-electron chi connectivity index (χ3n) is 6.31. The standard InChI is InChI=1S/C26H34N4O8/c1-37-15-21(32)27-13-6-4-2-3-5-7-14-28-22(33)16-38-19-10-8-9-17-23(19)26(36)30(25(17)35)18-11-12-20(31)29-24(18)34/h8-10,18H,2-7,11-16H2,1H3,(H,27,32)(H,28,33)(H,29,31,34). The number of amides is 6. The third-order valence-corrected chi connectivity index (χ3v) is 6.31. The topological polar surface area (TPSA) is 160 Å². The van der Waals surface area contributed by atoms with Gasteiger partial charge in [0.1, 0.15) is 18.4 Å². The molecule has 12 nitrogen and oxygen atoms in total. The highest BCUT2D eigenvalue weighted by atomic mass is 16.5. The minimum absolute atomic E-state index is 0.00765. The van der Waals surface area contributed by atoms with E-state index in [1.165, 1.54) is 19.2 Å². The van der Waals surface area contributed by atoms with Gasteiger partial charge in [-0.05, 0) is 31.4 Å². The van der Waals surface area contributed by atoms with Crippen LogP contribution >= 0.6 is 0 Å². The zero-order chi connectivity index (χ0) is 27.5. The number of unbranched alkanes of at least 4 members (excludes halogenated alkanes) is 5. The summed E-state index contributed by atoms with van der Waals surface area (Å²) >= 11 is 0. The van der Waals surface area contributed by atoms with Gasteiger partial charge in [-0.3, -0.25) is 39.0 Å². The summed E-state index contributed by atoms with van der Waals surface area (Å²) < 4.78 is 10.3. The predicted molar refractivity (Wildman–Crippen MR) is 134 cm³/mol. The zero-order valence-corrected chi connectivity index (χ0v) is 21.5. The highest BCUT2D eigenvalue weighted by molar-refractivity contribution is 6.24. The number of hydrogen-bond acceptors (Lipinski definition) is 8. The molecule has 3 rings (SSSR count). The van der Waals surface area contributed by atoms with Crippen molar-refractivity contribution in [1.82, 2.24) is 20.9 Å². The average molecular weight is 531 g/mol. The molecular formula is C26H34N4O8. The van der Waals surface area contributed by atoms with Crippen LogP contribution in [0.5, 0.6) is 5.75 Å². The number of carbonyl (C=O) groups excluding carboxylic acids is 6. The smallest absolute Gasteiger partial charge is 0.266 e. The lowest BCUT2D eigenvalue weighted by Gasteiger charge is -2.27. The van der Waals surface area contributed by atoms with Gasteiger partial charge in [-0.15, -0.1) is 0 Å². The maximum absolute atomic E-state index is 13.0. The molecule has 0 saturated carbocycles. The molecule has 1 aromatic carbocycles. The summed E-state index contributed by atoms with van der Waals surface area (Å²) in [6, 6.07) is 3.43. The van der Waals surface area contributed by atoms with E-state index in [-0.39, 0.29) is 54.7 Å². The molecule has 2 aliphatic rings. The lowest BCUT2D eigenvalue weighted by atomic mass is 10.0. The van der Waals surface area contributed by atoms with E-state index in [0.29, 0.717) is 13.1 Å². The van der Waals surface area contributed by atoms with E-state index in [1.807, 2.05) is 0 Å². The number of fused-ring (bicyclic) bond motifs is 1. The molecule has 1 atom stereocenters. The molecule has 2 heterocycles. The average Bonchev–Trinajstić information content (AvgIpc) is 3.14. The van der Waals surface area contributed by atoms with E-state index in [0.717, 1.165) is 43.4 Å². The number of ether oxygens (including phenoxy) is 2. The first kappa shape index (κ1) is 28.8. The van der Waals surface area contributed by atoms with Crippen LogP contribution in [-0.4, -0.2) is 79.8 Å². The number of imide groups is 2. The number of benzene rings is 1. The van der Waals surface area contributed by atoms with Crippen molar-refractivity contribution in [3.8, 4) is 5.75 Å². The number of nitrogens with one attached hydrogen (secondary N) is 3. The number of nitrogens with zero attached hydrogens (tertiary/aromatic N) is 1. The Bertz CT molecular complexity index is 1070. The monoisotopic (exact) mass is 530 g/mol. The van der Waals surface area contributed by atoms with Crippen molar-refractivity contribution in [2.75, 3.05) is 33.4 Å². The fourth-order valence-electron chi connectivity index (χ4n) is 4.39. The van der Waals surface area contributed by atoms with Crippen LogP contribution in [0.25, 0.3) is 0 Å². The molecular weight excluding hydrogens is 496 g/mol. The molecule has 38 heavy (non-hydrogen) atoms. The Morgan fingerprint density at radius 1 is 0.921 bits per heavy atom. The molecule has 0 spiro atoms. The largest absolute Gasteiger partial charge is 0.483 e. The van der Waals surface area contributed by atoms with Crippen molar-refractivity contribution in [1.29, 1.82) is 0 Å². The normalized spacial score (nSPS) is 16.8. The molecule has 0 radical (unpaired) electrons. The number of methoxy groups -OCH3 is 1. The Labute approximate surface area is 220 Å². The Balaban J connectivity index is 1.36. The van der Waals surface area contributed by atoms with Gasteiger partial charge in [-0.25, -0.2) is 0 Å². The van der Waals surface area contributed by atoms with Gasteiger partial charge in [0.15, 0.2) is 6.61 Å². The van der Waals surface area contributed by atoms with Crippen molar-refractivity contribution in [2.45, 2.75) is 57.4 Å². The summed E-state index contributed by atoms with van der Waals surface area (Å²) in [7, 11) is 1.48. The number of carbonyl (C=O) groups is 6. The van der Waals surface area contributed by atoms with Gasteiger partial charge in [0.25, 0.3) is 17.7 Å². The van der Waals surface area contributed by atoms with Crippen LogP contribution in [0, 0.1) is 0 Å². The second kappa shape index (κ2) is 14.2. The maximum atomic E-state index is 13.0. The van der Waals surface area contributed by atoms with Crippen molar-refractivity contribution < 1.29 is 38.2 Å². The first-order valence-corrected chi connectivity index (χ1v) is 12.8. The summed E-state index contributed by atoms with van der Waals surface area (Å²) in [5.74, 6) is -2.84. The maximum Gasteiger partial charge on any atom is 0.266 e. The zero-order valence-electron chi connectivity index (χ0n) is 21.5. The highest BCUT2D eigenvalue weighted by Crippen LogP contribution is 2.33. The van der Waals surface area contributed by atoms with Gasteiger partial charge in [0.05, 0.1) is 11.1 Å². The fraction of sp³-hybridized carbons (Fsp3) is 0.538. The van der Waals surface area contributed by atoms with E-state index in [9.17, 15) is 28.8 Å². The van der Waals surface area contributed by atoms with Crippen molar-refractivity contribution >= 4 is 35.4 Å². The molecule has 0 bridgehead atoms. The molecule has 0 aliphatic carbocycles. The Morgan fingerprint density at radius 2 is 1.55 bits per heavy atom. The number of piperidine rings is 1. The quantitative estimate of drug-likeness (QED) is 0.220. The lowest BCUT2D eigenvalue weighted by molar-refractivity contribution is -0.136. The van der Waals surface area contributed by atoms with E-state index in [4.69, 9.17) is 9.47 Å². The first-order chi connectivity index (χ1) is 18.3.